The Morgan fingerprint density at radius 2 is 1.41 bits per heavy atom. The van der Waals surface area contributed by atoms with Gasteiger partial charge in [-0.3, -0.25) is 0 Å². The lowest BCUT2D eigenvalue weighted by Crippen LogP contribution is -2.35. The molecule has 1 aliphatic rings. The lowest BCUT2D eigenvalue weighted by atomic mass is 10.2. The van der Waals surface area contributed by atoms with Crippen LogP contribution in [0.2, 0.25) is 0 Å². The maximum atomic E-state index is 5.71. The molecule has 0 aromatic carbocycles. The van der Waals surface area contributed by atoms with E-state index in [1.165, 1.54) is 12.8 Å². The van der Waals surface area contributed by atoms with Crippen LogP contribution in [-0.4, -0.2) is 48.8 Å². The standard InChI is InChI=1S/C12H28N4S/c1-9(13)5-15-7-11-3-4-12(17-11)8-16-6-10(2)14/h9-12,15-16H,3-8,13-14H2,1-2H3. The fourth-order valence-corrected chi connectivity index (χ4v) is 3.54. The third-order valence-electron chi connectivity index (χ3n) is 2.87. The molecule has 1 aliphatic heterocycles. The van der Waals surface area contributed by atoms with Gasteiger partial charge in [0.1, 0.15) is 0 Å². The van der Waals surface area contributed by atoms with Gasteiger partial charge in [-0.1, -0.05) is 0 Å². The molecule has 1 saturated heterocycles. The Balaban J connectivity index is 2.02. The van der Waals surface area contributed by atoms with Gasteiger partial charge in [-0.05, 0) is 26.7 Å². The van der Waals surface area contributed by atoms with Crippen molar-refractivity contribution in [2.24, 2.45) is 11.5 Å². The van der Waals surface area contributed by atoms with Crippen LogP contribution < -0.4 is 22.1 Å². The summed E-state index contributed by atoms with van der Waals surface area (Å²) in [5.41, 5.74) is 11.4. The van der Waals surface area contributed by atoms with Gasteiger partial charge < -0.3 is 22.1 Å². The van der Waals surface area contributed by atoms with E-state index in [1.54, 1.807) is 0 Å². The van der Waals surface area contributed by atoms with Gasteiger partial charge in [0.2, 0.25) is 0 Å². The van der Waals surface area contributed by atoms with Gasteiger partial charge in [-0.2, -0.15) is 11.8 Å². The molecule has 1 rings (SSSR count). The summed E-state index contributed by atoms with van der Waals surface area (Å²) in [6.07, 6.45) is 2.64. The Hall–Kier alpha value is 0.190. The molecule has 0 aliphatic carbocycles. The van der Waals surface area contributed by atoms with Crippen LogP contribution in [0, 0.1) is 0 Å². The summed E-state index contributed by atoms with van der Waals surface area (Å²) in [4.78, 5) is 0. The highest BCUT2D eigenvalue weighted by molar-refractivity contribution is 8.00. The van der Waals surface area contributed by atoms with E-state index in [1.807, 2.05) is 13.8 Å². The maximum Gasteiger partial charge on any atom is 0.0176 e. The molecular weight excluding hydrogens is 232 g/mol. The molecule has 0 aromatic heterocycles. The number of nitrogens with two attached hydrogens (primary N) is 2. The van der Waals surface area contributed by atoms with Gasteiger partial charge in [-0.25, -0.2) is 0 Å². The molecule has 5 heteroatoms. The van der Waals surface area contributed by atoms with Crippen LogP contribution in [0.4, 0.5) is 0 Å². The van der Waals surface area contributed by atoms with Gasteiger partial charge in [-0.15, -0.1) is 0 Å². The molecule has 17 heavy (non-hydrogen) atoms. The minimum atomic E-state index is 0.255. The van der Waals surface area contributed by atoms with Crippen molar-refractivity contribution in [2.75, 3.05) is 26.2 Å². The summed E-state index contributed by atoms with van der Waals surface area (Å²) in [5, 5.41) is 8.39. The minimum Gasteiger partial charge on any atom is -0.327 e. The van der Waals surface area contributed by atoms with Crippen LogP contribution in [0.5, 0.6) is 0 Å². The molecule has 0 radical (unpaired) electrons. The van der Waals surface area contributed by atoms with Gasteiger partial charge in [0.05, 0.1) is 0 Å². The van der Waals surface area contributed by atoms with Crippen LogP contribution in [-0.2, 0) is 0 Å². The first kappa shape index (κ1) is 15.2. The Morgan fingerprint density at radius 1 is 1.00 bits per heavy atom. The van der Waals surface area contributed by atoms with Crippen LogP contribution >= 0.6 is 11.8 Å². The van der Waals surface area contributed by atoms with E-state index >= 15 is 0 Å². The zero-order valence-corrected chi connectivity index (χ0v) is 11.9. The van der Waals surface area contributed by atoms with Crippen molar-refractivity contribution in [3.63, 3.8) is 0 Å². The summed E-state index contributed by atoms with van der Waals surface area (Å²) >= 11 is 2.11. The molecule has 4 unspecified atom stereocenters. The van der Waals surface area contributed by atoms with Gasteiger partial charge in [0.25, 0.3) is 0 Å². The van der Waals surface area contributed by atoms with Crippen molar-refractivity contribution >= 4 is 11.8 Å². The Kier molecular flexibility index (Phi) is 7.46. The summed E-state index contributed by atoms with van der Waals surface area (Å²) in [5.74, 6) is 0. The Morgan fingerprint density at radius 3 is 1.76 bits per heavy atom. The Bertz CT molecular complexity index is 179. The van der Waals surface area contributed by atoms with Crippen LogP contribution in [0.3, 0.4) is 0 Å². The molecule has 1 fully saturated rings. The predicted molar refractivity (Wildman–Crippen MR) is 77.4 cm³/mol. The van der Waals surface area contributed by atoms with Crippen LogP contribution in [0.25, 0.3) is 0 Å². The molecule has 0 amide bonds. The molecule has 6 N–H and O–H groups in total. The molecule has 0 aromatic rings. The summed E-state index contributed by atoms with van der Waals surface area (Å²) in [6.45, 7) is 8.10. The van der Waals surface area contributed by atoms with E-state index in [-0.39, 0.29) is 12.1 Å². The third kappa shape index (κ3) is 7.26. The number of hydrogen-bond donors (Lipinski definition) is 4. The van der Waals surface area contributed by atoms with Crippen molar-refractivity contribution in [3.8, 4) is 0 Å². The molecule has 102 valence electrons. The molecule has 0 saturated carbocycles. The molecule has 0 spiro atoms. The highest BCUT2D eigenvalue weighted by Gasteiger charge is 2.24. The largest absolute Gasteiger partial charge is 0.327 e. The quantitative estimate of drug-likeness (QED) is 0.499. The van der Waals surface area contributed by atoms with E-state index < -0.39 is 0 Å². The smallest absolute Gasteiger partial charge is 0.0176 e. The van der Waals surface area contributed by atoms with E-state index in [4.69, 9.17) is 11.5 Å². The normalized spacial score (nSPS) is 28.2. The van der Waals surface area contributed by atoms with Gasteiger partial charge in [0, 0.05) is 48.8 Å². The van der Waals surface area contributed by atoms with Gasteiger partial charge >= 0.3 is 0 Å². The number of rotatable bonds is 8. The maximum absolute atomic E-state index is 5.71. The summed E-state index contributed by atoms with van der Waals surface area (Å²) < 4.78 is 0. The van der Waals surface area contributed by atoms with Crippen molar-refractivity contribution in [2.45, 2.75) is 49.3 Å². The fourth-order valence-electron chi connectivity index (χ4n) is 2.02. The minimum absolute atomic E-state index is 0.255. The number of thioether (sulfide) groups is 1. The average molecular weight is 260 g/mol. The molecular formula is C12H28N4S. The first-order valence-corrected chi connectivity index (χ1v) is 7.60. The first-order chi connectivity index (χ1) is 8.08. The highest BCUT2D eigenvalue weighted by atomic mass is 32.2. The Labute approximate surface area is 110 Å². The second-order valence-corrected chi connectivity index (χ2v) is 6.83. The van der Waals surface area contributed by atoms with Gasteiger partial charge in [0.15, 0.2) is 0 Å². The van der Waals surface area contributed by atoms with Crippen molar-refractivity contribution < 1.29 is 0 Å². The second-order valence-electron chi connectivity index (χ2n) is 5.23. The van der Waals surface area contributed by atoms with E-state index in [0.717, 1.165) is 36.7 Å². The highest BCUT2D eigenvalue weighted by Crippen LogP contribution is 2.32. The number of nitrogens with one attached hydrogen (secondary N) is 2. The molecule has 0 bridgehead atoms. The fraction of sp³-hybridized carbons (Fsp3) is 1.00. The average Bonchev–Trinajstić information content (AvgIpc) is 2.65. The van der Waals surface area contributed by atoms with Crippen molar-refractivity contribution in [1.29, 1.82) is 0 Å². The summed E-state index contributed by atoms with van der Waals surface area (Å²) in [7, 11) is 0. The molecule has 4 nitrogen and oxygen atoms in total. The van der Waals surface area contributed by atoms with Crippen molar-refractivity contribution in [1.82, 2.24) is 10.6 Å². The number of hydrogen-bond acceptors (Lipinski definition) is 5. The predicted octanol–water partition coefficient (Wildman–Crippen LogP) is 0.124. The second kappa shape index (κ2) is 8.32. The van der Waals surface area contributed by atoms with E-state index in [9.17, 15) is 0 Å². The van der Waals surface area contributed by atoms with E-state index in [0.29, 0.717) is 0 Å². The molecule has 1 heterocycles. The first-order valence-electron chi connectivity index (χ1n) is 6.66. The lowest BCUT2D eigenvalue weighted by Gasteiger charge is -2.14. The SMILES string of the molecule is CC(N)CNCC1CCC(CNCC(C)N)S1. The topological polar surface area (TPSA) is 76.1 Å². The monoisotopic (exact) mass is 260 g/mol. The third-order valence-corrected chi connectivity index (χ3v) is 4.45. The summed E-state index contributed by atoms with van der Waals surface area (Å²) in [6, 6.07) is 0.509. The van der Waals surface area contributed by atoms with E-state index in [2.05, 4.69) is 22.4 Å². The molecule has 4 atom stereocenters. The van der Waals surface area contributed by atoms with Crippen molar-refractivity contribution in [3.05, 3.63) is 0 Å². The lowest BCUT2D eigenvalue weighted by molar-refractivity contribution is 0.571. The zero-order valence-electron chi connectivity index (χ0n) is 11.1. The van der Waals surface area contributed by atoms with Crippen LogP contribution in [0.15, 0.2) is 0 Å². The van der Waals surface area contributed by atoms with Crippen LogP contribution in [0.1, 0.15) is 26.7 Å². The zero-order chi connectivity index (χ0) is 12.7.